The molecule has 3 aromatic carbocycles. The molecule has 1 aliphatic carbocycles. The van der Waals surface area contributed by atoms with Gasteiger partial charge < -0.3 is 20.6 Å². The number of carboxylic acid groups (broad SMARTS) is 1. The number of hydrogen-bond donors (Lipinski definition) is 4. The molecule has 1 saturated carbocycles. The number of anilines is 1. The second-order valence-corrected chi connectivity index (χ2v) is 13.3. The number of amides is 3. The highest BCUT2D eigenvalue weighted by atomic mass is 19.1. The van der Waals surface area contributed by atoms with Crippen LogP contribution in [0.2, 0.25) is 0 Å². The number of rotatable bonds is 10. The van der Waals surface area contributed by atoms with Crippen molar-refractivity contribution in [2.45, 2.75) is 64.5 Å². The Bertz CT molecular complexity index is 1810. The van der Waals surface area contributed by atoms with E-state index in [4.69, 9.17) is 0 Å². The number of nitrogens with one attached hydrogen (secondary N) is 3. The van der Waals surface area contributed by atoms with Crippen LogP contribution in [-0.4, -0.2) is 66.7 Å². The van der Waals surface area contributed by atoms with Crippen molar-refractivity contribution in [3.05, 3.63) is 83.7 Å². The average Bonchev–Trinajstić information content (AvgIpc) is 3.62. The second-order valence-electron chi connectivity index (χ2n) is 13.3. The van der Waals surface area contributed by atoms with Gasteiger partial charge in [-0.05, 0) is 99.0 Å². The van der Waals surface area contributed by atoms with E-state index in [0.29, 0.717) is 60.4 Å². The molecule has 1 heterocycles. The van der Waals surface area contributed by atoms with Crippen LogP contribution < -0.4 is 10.6 Å². The number of aromatic amines is 1. The van der Waals surface area contributed by atoms with Crippen molar-refractivity contribution in [2.24, 2.45) is 11.8 Å². The van der Waals surface area contributed by atoms with Crippen LogP contribution >= 0.6 is 0 Å². The molecule has 1 aromatic heterocycles. The van der Waals surface area contributed by atoms with E-state index in [1.807, 2.05) is 26.8 Å². The molecule has 254 valence electrons. The summed E-state index contributed by atoms with van der Waals surface area (Å²) in [4.78, 5) is 40.6. The third-order valence-corrected chi connectivity index (χ3v) is 8.92. The van der Waals surface area contributed by atoms with Gasteiger partial charge in [0.15, 0.2) is 0 Å². The third-order valence-electron chi connectivity index (χ3n) is 8.92. The van der Waals surface area contributed by atoms with Gasteiger partial charge in [-0.2, -0.15) is 10.5 Å². The predicted molar refractivity (Wildman–Crippen MR) is 180 cm³/mol. The molecule has 49 heavy (non-hydrogen) atoms. The van der Waals surface area contributed by atoms with Gasteiger partial charge in [0.25, 0.3) is 0 Å². The molecule has 12 nitrogen and oxygen atoms in total. The van der Waals surface area contributed by atoms with E-state index in [1.54, 1.807) is 60.7 Å². The largest absolute Gasteiger partial charge is 0.465 e. The Labute approximate surface area is 283 Å². The Morgan fingerprint density at radius 1 is 1.02 bits per heavy atom. The Hall–Kier alpha value is -5.64. The minimum Gasteiger partial charge on any atom is -0.465 e. The van der Waals surface area contributed by atoms with Gasteiger partial charge in [-0.15, -0.1) is 10.2 Å². The van der Waals surface area contributed by atoms with Crippen molar-refractivity contribution in [3.63, 3.8) is 0 Å². The van der Waals surface area contributed by atoms with Crippen LogP contribution in [0.5, 0.6) is 0 Å². The van der Waals surface area contributed by atoms with E-state index >= 15 is 0 Å². The summed E-state index contributed by atoms with van der Waals surface area (Å²) in [6.45, 7) is 6.01. The van der Waals surface area contributed by atoms with Crippen molar-refractivity contribution in [1.29, 1.82) is 5.26 Å². The minimum absolute atomic E-state index is 0.0473. The quantitative estimate of drug-likeness (QED) is 0.164. The molecule has 0 unspecified atom stereocenters. The number of H-pyrrole nitrogens is 1. The number of carbonyl (C=O) groups is 3. The second kappa shape index (κ2) is 15.1. The number of carbonyl (C=O) groups excluding carboxylic acids is 2. The van der Waals surface area contributed by atoms with Gasteiger partial charge in [0, 0.05) is 41.2 Å². The Morgan fingerprint density at radius 3 is 2.29 bits per heavy atom. The van der Waals surface area contributed by atoms with Crippen LogP contribution in [0.25, 0.3) is 22.5 Å². The highest BCUT2D eigenvalue weighted by Gasteiger charge is 2.33. The van der Waals surface area contributed by atoms with Gasteiger partial charge in [0.1, 0.15) is 17.9 Å². The van der Waals surface area contributed by atoms with Crippen molar-refractivity contribution in [3.8, 4) is 28.6 Å². The van der Waals surface area contributed by atoms with E-state index in [2.05, 4.69) is 31.3 Å². The molecule has 1 aliphatic rings. The first-order chi connectivity index (χ1) is 23.4. The van der Waals surface area contributed by atoms with E-state index < -0.39 is 29.4 Å². The highest BCUT2D eigenvalue weighted by Crippen LogP contribution is 2.32. The molecular formula is C36H39FN8O4. The smallest absolute Gasteiger partial charge is 0.407 e. The number of aromatic nitrogens is 4. The maximum atomic E-state index is 14.2. The van der Waals surface area contributed by atoms with Crippen molar-refractivity contribution < 1.29 is 23.9 Å². The maximum absolute atomic E-state index is 14.2. The lowest BCUT2D eigenvalue weighted by molar-refractivity contribution is -0.130. The topological polar surface area (TPSA) is 177 Å². The zero-order valence-corrected chi connectivity index (χ0v) is 27.6. The summed E-state index contributed by atoms with van der Waals surface area (Å²) in [7, 11) is 0. The zero-order valence-electron chi connectivity index (χ0n) is 27.6. The summed E-state index contributed by atoms with van der Waals surface area (Å²) >= 11 is 0. The highest BCUT2D eigenvalue weighted by molar-refractivity contribution is 5.97. The molecule has 0 saturated heterocycles. The molecule has 4 N–H and O–H groups in total. The van der Waals surface area contributed by atoms with Crippen LogP contribution in [0.3, 0.4) is 0 Å². The molecular weight excluding hydrogens is 627 g/mol. The summed E-state index contributed by atoms with van der Waals surface area (Å²) < 4.78 is 14.2. The molecule has 13 heteroatoms. The fourth-order valence-electron chi connectivity index (χ4n) is 6.15. The fraction of sp³-hybridized carbons (Fsp3) is 0.361. The van der Waals surface area contributed by atoms with Gasteiger partial charge in [0.2, 0.25) is 17.6 Å². The van der Waals surface area contributed by atoms with Gasteiger partial charge in [-0.25, -0.2) is 9.18 Å². The van der Waals surface area contributed by atoms with Crippen LogP contribution in [0.15, 0.2) is 66.7 Å². The van der Waals surface area contributed by atoms with Gasteiger partial charge in [-0.1, -0.05) is 36.4 Å². The molecule has 1 fully saturated rings. The third kappa shape index (κ3) is 8.64. The summed E-state index contributed by atoms with van der Waals surface area (Å²) in [5, 5.41) is 38.9. The Morgan fingerprint density at radius 2 is 1.69 bits per heavy atom. The van der Waals surface area contributed by atoms with Crippen molar-refractivity contribution in [2.75, 3.05) is 11.9 Å². The summed E-state index contributed by atoms with van der Waals surface area (Å²) in [5.74, 6) is -0.989. The summed E-state index contributed by atoms with van der Waals surface area (Å²) in [6, 6.07) is 19.5. The number of halogens is 1. The van der Waals surface area contributed by atoms with Gasteiger partial charge >= 0.3 is 6.09 Å². The zero-order chi connectivity index (χ0) is 35.1. The summed E-state index contributed by atoms with van der Waals surface area (Å²) in [6.07, 6.45) is 1.80. The molecule has 3 amide bonds. The molecule has 0 radical (unpaired) electrons. The van der Waals surface area contributed by atoms with Crippen LogP contribution in [0, 0.1) is 29.0 Å². The first kappa shape index (κ1) is 34.7. The molecule has 0 bridgehead atoms. The average molecular weight is 667 g/mol. The minimum atomic E-state index is -0.958. The van der Waals surface area contributed by atoms with Gasteiger partial charge in [0.05, 0.1) is 5.56 Å². The Balaban J connectivity index is 1.29. The maximum Gasteiger partial charge on any atom is 0.407 e. The number of nitrogens with zero attached hydrogens (tertiary/aromatic N) is 5. The van der Waals surface area contributed by atoms with Crippen molar-refractivity contribution in [1.82, 2.24) is 30.8 Å². The normalized spacial score (nSPS) is 16.6. The molecule has 4 aromatic rings. The summed E-state index contributed by atoms with van der Waals surface area (Å²) in [5.41, 5.74) is 2.52. The lowest BCUT2D eigenvalue weighted by Crippen LogP contribution is -2.49. The van der Waals surface area contributed by atoms with E-state index in [9.17, 15) is 29.1 Å². The fourth-order valence-corrected chi connectivity index (χ4v) is 6.15. The first-order valence-electron chi connectivity index (χ1n) is 16.2. The predicted octanol–water partition coefficient (Wildman–Crippen LogP) is 5.80. The lowest BCUT2D eigenvalue weighted by atomic mass is 9.80. The van der Waals surface area contributed by atoms with E-state index in [0.717, 1.165) is 5.56 Å². The monoisotopic (exact) mass is 666 g/mol. The number of benzene rings is 3. The number of tetrazole rings is 1. The van der Waals surface area contributed by atoms with Crippen molar-refractivity contribution >= 4 is 23.6 Å². The molecule has 1 atom stereocenters. The number of nitriles is 1. The van der Waals surface area contributed by atoms with Crippen LogP contribution in [0.1, 0.15) is 57.6 Å². The van der Waals surface area contributed by atoms with Gasteiger partial charge in [-0.3, -0.25) is 9.59 Å². The number of hydrogen-bond acceptors (Lipinski definition) is 7. The van der Waals surface area contributed by atoms with Crippen LogP contribution in [-0.2, 0) is 16.0 Å². The molecule has 0 aliphatic heterocycles. The van der Waals surface area contributed by atoms with E-state index in [1.165, 1.54) is 11.0 Å². The lowest BCUT2D eigenvalue weighted by Gasteiger charge is -2.38. The SMILES string of the molecule is CC(C)(C)N(CC1CCC(C(=O)N[C@@H](Cc2ccc(-c3cccc(F)c3C#N)cc2)C(=O)Nc2ccc(-c3nn[nH]n3)cc2)CC1)C(=O)O. The molecule has 5 rings (SSSR count). The first-order valence-corrected chi connectivity index (χ1v) is 16.2. The van der Waals surface area contributed by atoms with E-state index in [-0.39, 0.29) is 29.7 Å². The Kier molecular flexibility index (Phi) is 10.7. The standard InChI is InChI=1S/C36H39FN8O4/c1-36(2,3)45(35(48)49)21-23-9-13-26(14-10-23)33(46)40-31(34(47)39-27-17-15-25(16-18-27)32-41-43-44-42-32)19-22-7-11-24(12-8-22)28-5-4-6-30(37)29(28)20-38/h4-8,11-12,15-18,23,26,31H,9-10,13-14,19,21H2,1-3H3,(H,39,47)(H,40,46)(H,48,49)(H,41,42,43,44)/t23?,26?,31-/m0/s1. The van der Waals surface area contributed by atoms with Crippen LogP contribution in [0.4, 0.5) is 14.9 Å². The molecule has 0 spiro atoms.